The van der Waals surface area contributed by atoms with Crippen LogP contribution < -0.4 is 0 Å². The molecule has 0 nitrogen and oxygen atoms in total. The molecule has 0 fully saturated rings. The van der Waals surface area contributed by atoms with Gasteiger partial charge in [-0.1, -0.05) is 0 Å². The van der Waals surface area contributed by atoms with Crippen LogP contribution in [0.5, 0.6) is 0 Å². The van der Waals surface area contributed by atoms with Gasteiger partial charge >= 0.3 is 60.0 Å². The number of alkyl halides is 23. The van der Waals surface area contributed by atoms with E-state index in [0.717, 1.165) is 0 Å². The monoisotopic (exact) mass is 600 g/mol. The van der Waals surface area contributed by atoms with E-state index < -0.39 is 71.4 Å². The Labute approximate surface area is 178 Å². The zero-order valence-corrected chi connectivity index (χ0v) is 15.1. The van der Waals surface area contributed by atoms with E-state index in [0.29, 0.717) is 0 Å². The van der Waals surface area contributed by atoms with Crippen LogP contribution in [0.25, 0.3) is 0 Å². The molecule has 0 atom stereocenters. The van der Waals surface area contributed by atoms with Gasteiger partial charge in [0, 0.05) is 0 Å². The highest BCUT2D eigenvalue weighted by molar-refractivity contribution is 5.36. The lowest BCUT2D eigenvalue weighted by Gasteiger charge is -2.41. The highest BCUT2D eigenvalue weighted by Gasteiger charge is 2.91. The van der Waals surface area contributed by atoms with Gasteiger partial charge in [0.15, 0.2) is 5.83 Å². The van der Waals surface area contributed by atoms with Crippen LogP contribution in [-0.2, 0) is 0 Å². The van der Waals surface area contributed by atoms with E-state index in [2.05, 4.69) is 0 Å². The van der Waals surface area contributed by atoms with Crippen LogP contribution in [0.3, 0.4) is 0 Å². The fraction of sp³-hybridized carbons (Fsp3) is 0.833. The largest absolute Gasteiger partial charge is 0.460 e. The quantitative estimate of drug-likeness (QED) is 0.258. The third kappa shape index (κ3) is 4.48. The van der Waals surface area contributed by atoms with Crippen molar-refractivity contribution in [3.63, 3.8) is 0 Å². The second-order valence-electron chi connectivity index (χ2n) is 6.20. The Bertz CT molecular complexity index is 842. The molecule has 0 rings (SSSR count). The van der Waals surface area contributed by atoms with Crippen molar-refractivity contribution in [2.75, 3.05) is 0 Å². The Hall–Kier alpha value is -1.94. The summed E-state index contributed by atoms with van der Waals surface area (Å²) in [5.74, 6) is -68.1. The molecule has 36 heavy (non-hydrogen) atoms. The molecular formula is C12F24. The number of rotatable bonds is 7. The summed E-state index contributed by atoms with van der Waals surface area (Å²) in [7, 11) is 0. The molecule has 0 aromatic heterocycles. The zero-order chi connectivity index (χ0) is 30.2. The Balaban J connectivity index is 7.98. The maximum atomic E-state index is 13.8. The second-order valence-corrected chi connectivity index (χ2v) is 6.20. The van der Waals surface area contributed by atoms with Crippen LogP contribution in [-0.4, -0.2) is 60.0 Å². The first-order valence-corrected chi connectivity index (χ1v) is 7.29. The predicted octanol–water partition coefficient (Wildman–Crippen LogP) is 8.34. The lowest BCUT2D eigenvalue weighted by atomic mass is 9.86. The Morgan fingerprint density at radius 3 is 0.806 bits per heavy atom. The molecule has 0 heterocycles. The Morgan fingerprint density at radius 2 is 0.556 bits per heavy atom. The Kier molecular flexibility index (Phi) is 7.83. The summed E-state index contributed by atoms with van der Waals surface area (Å²) in [5, 5.41) is 0. The molecule has 0 aliphatic rings. The molecule has 0 aromatic carbocycles. The van der Waals surface area contributed by atoms with Crippen molar-refractivity contribution in [1.82, 2.24) is 0 Å². The molecule has 0 spiro atoms. The molecule has 0 saturated heterocycles. The van der Waals surface area contributed by atoms with E-state index in [4.69, 9.17) is 0 Å². The molecular weight excluding hydrogens is 600 g/mol. The summed E-state index contributed by atoms with van der Waals surface area (Å²) in [6.45, 7) is 0. The van der Waals surface area contributed by atoms with Crippen molar-refractivity contribution in [1.29, 1.82) is 0 Å². The van der Waals surface area contributed by atoms with Crippen molar-refractivity contribution >= 4 is 0 Å². The van der Waals surface area contributed by atoms with Crippen LogP contribution in [0, 0.1) is 0 Å². The molecule has 0 saturated carbocycles. The van der Waals surface area contributed by atoms with Crippen LogP contribution in [0.2, 0.25) is 0 Å². The third-order valence-corrected chi connectivity index (χ3v) is 3.77. The van der Waals surface area contributed by atoms with E-state index in [1.54, 1.807) is 0 Å². The van der Waals surface area contributed by atoms with Crippen LogP contribution in [0.1, 0.15) is 0 Å². The minimum Gasteiger partial charge on any atom is -0.204 e. The summed E-state index contributed by atoms with van der Waals surface area (Å²) >= 11 is 0. The lowest BCUT2D eigenvalue weighted by molar-refractivity contribution is -0.422. The first-order valence-electron chi connectivity index (χ1n) is 7.29. The summed E-state index contributed by atoms with van der Waals surface area (Å²) in [6, 6.07) is 0. The highest BCUT2D eigenvalue weighted by Crippen LogP contribution is 2.64. The van der Waals surface area contributed by atoms with E-state index in [-0.39, 0.29) is 0 Å². The lowest BCUT2D eigenvalue weighted by Crippen LogP contribution is -2.69. The van der Waals surface area contributed by atoms with Gasteiger partial charge in [-0.15, -0.1) is 0 Å². The minimum atomic E-state index is -9.24. The molecule has 216 valence electrons. The average Bonchev–Trinajstić information content (AvgIpc) is 2.57. The fourth-order valence-electron chi connectivity index (χ4n) is 1.82. The van der Waals surface area contributed by atoms with Gasteiger partial charge in [-0.25, -0.2) is 4.39 Å². The van der Waals surface area contributed by atoms with Gasteiger partial charge in [-0.2, -0.15) is 101 Å². The molecule has 0 unspecified atom stereocenters. The smallest absolute Gasteiger partial charge is 0.204 e. The van der Waals surface area contributed by atoms with Crippen LogP contribution >= 0.6 is 0 Å². The average molecular weight is 600 g/mol. The van der Waals surface area contributed by atoms with E-state index >= 15 is 0 Å². The fourth-order valence-corrected chi connectivity index (χ4v) is 1.82. The van der Waals surface area contributed by atoms with Gasteiger partial charge in [0.2, 0.25) is 0 Å². The van der Waals surface area contributed by atoms with Gasteiger partial charge in [0.1, 0.15) is 5.57 Å². The standard InChI is InChI=1S/C12F24/c13-2(5(18,19)10(28,29)30)1(4(16,17)7(22,23)11(31,32)33)3(14,15)6(20,21)8(24,25)9(26,27)12(34,35)36/b2-1-. The van der Waals surface area contributed by atoms with Crippen molar-refractivity contribution in [2.45, 2.75) is 60.0 Å². The maximum Gasteiger partial charge on any atom is 0.460 e. The van der Waals surface area contributed by atoms with Crippen molar-refractivity contribution in [2.24, 2.45) is 0 Å². The van der Waals surface area contributed by atoms with Gasteiger partial charge < -0.3 is 0 Å². The van der Waals surface area contributed by atoms with Gasteiger partial charge in [-0.05, 0) is 0 Å². The predicted molar refractivity (Wildman–Crippen MR) is 60.9 cm³/mol. The van der Waals surface area contributed by atoms with E-state index in [1.165, 1.54) is 0 Å². The number of allylic oxidation sites excluding steroid dienone is 2. The third-order valence-electron chi connectivity index (χ3n) is 3.77. The van der Waals surface area contributed by atoms with Crippen LogP contribution in [0.4, 0.5) is 105 Å². The minimum absolute atomic E-state index is 6.19. The normalized spacial score (nSPS) is 17.3. The molecule has 0 N–H and O–H groups in total. The summed E-state index contributed by atoms with van der Waals surface area (Å²) in [5.41, 5.74) is -6.54. The van der Waals surface area contributed by atoms with Gasteiger partial charge in [0.05, 0.1) is 0 Å². The van der Waals surface area contributed by atoms with Crippen molar-refractivity contribution in [3.05, 3.63) is 11.4 Å². The first kappa shape index (κ1) is 34.1. The molecule has 0 amide bonds. The number of halogens is 24. The molecule has 24 heteroatoms. The summed E-state index contributed by atoms with van der Waals surface area (Å²) in [6.07, 6.45) is -24.4. The molecule has 0 aromatic rings. The Morgan fingerprint density at radius 1 is 0.278 bits per heavy atom. The summed E-state index contributed by atoms with van der Waals surface area (Å²) < 4.78 is 307. The van der Waals surface area contributed by atoms with E-state index in [1.807, 2.05) is 0 Å². The summed E-state index contributed by atoms with van der Waals surface area (Å²) in [4.78, 5) is 0. The SMILES string of the molecule is F/C(=C(\C(F)(F)C(F)(F)C(F)(F)F)C(F)(F)C(F)(F)C(F)(F)C(F)(F)C(F)(F)F)C(F)(F)C(F)(F)F. The van der Waals surface area contributed by atoms with Crippen molar-refractivity contribution < 1.29 is 105 Å². The number of hydrogen-bond acceptors (Lipinski definition) is 0. The molecule has 0 aliphatic heterocycles. The zero-order valence-electron chi connectivity index (χ0n) is 15.1. The number of hydrogen-bond donors (Lipinski definition) is 0. The van der Waals surface area contributed by atoms with Gasteiger partial charge in [-0.3, -0.25) is 0 Å². The second kappa shape index (κ2) is 8.28. The molecule has 0 aliphatic carbocycles. The van der Waals surface area contributed by atoms with Gasteiger partial charge in [0.25, 0.3) is 0 Å². The topological polar surface area (TPSA) is 0 Å². The first-order chi connectivity index (χ1) is 15.0. The molecule has 0 bridgehead atoms. The molecule has 0 radical (unpaired) electrons. The maximum absolute atomic E-state index is 13.8. The van der Waals surface area contributed by atoms with Crippen molar-refractivity contribution in [3.8, 4) is 0 Å². The van der Waals surface area contributed by atoms with Crippen LogP contribution in [0.15, 0.2) is 11.4 Å². The highest BCUT2D eigenvalue weighted by atomic mass is 19.4. The van der Waals surface area contributed by atoms with E-state index in [9.17, 15) is 105 Å².